The minimum Gasteiger partial charge on any atom is -0.482 e. The van der Waals surface area contributed by atoms with Crippen molar-refractivity contribution >= 4 is 58.5 Å². The Hall–Kier alpha value is -5.72. The molecule has 0 spiro atoms. The number of primary amides is 2. The van der Waals surface area contributed by atoms with Gasteiger partial charge in [-0.3, -0.25) is 4.79 Å². The van der Waals surface area contributed by atoms with E-state index in [2.05, 4.69) is 16.0 Å². The fourth-order valence-corrected chi connectivity index (χ4v) is 6.36. The summed E-state index contributed by atoms with van der Waals surface area (Å²) in [7, 11) is 0. The molecule has 0 radical (unpaired) electrons. The molecule has 2 saturated heterocycles. The molecular weight excluding hydrogens is 841 g/mol. The van der Waals surface area contributed by atoms with Gasteiger partial charge < -0.3 is 56.4 Å². The highest BCUT2D eigenvalue weighted by Gasteiger charge is 2.22. The third kappa shape index (κ3) is 18.2. The van der Waals surface area contributed by atoms with Crippen LogP contribution >= 0.6 is 23.2 Å². The van der Waals surface area contributed by atoms with Crippen LogP contribution in [-0.4, -0.2) is 98.8 Å². The molecule has 4 aromatic carbocycles. The highest BCUT2D eigenvalue weighted by molar-refractivity contribution is 6.31. The molecule has 2 aliphatic rings. The molecule has 2 atom stereocenters. The number of carboxylic acid groups (broad SMARTS) is 1. The molecule has 2 aliphatic heterocycles. The van der Waals surface area contributed by atoms with Crippen molar-refractivity contribution in [1.82, 2.24) is 10.2 Å². The maximum Gasteiger partial charge on any atom is 0.341 e. The van der Waals surface area contributed by atoms with Crippen molar-refractivity contribution in [3.05, 3.63) is 118 Å². The predicted octanol–water partition coefficient (Wildman–Crippen LogP) is 6.25. The Labute approximate surface area is 361 Å². The van der Waals surface area contributed by atoms with Gasteiger partial charge >= 0.3 is 18.0 Å². The number of aliphatic carboxylic acids is 1. The second-order valence-corrected chi connectivity index (χ2v) is 14.5. The number of carbonyl (C=O) groups is 4. The van der Waals surface area contributed by atoms with E-state index < -0.39 is 24.6 Å². The number of nitrogens with zero attached hydrogens (tertiary/aromatic N) is 1. The van der Waals surface area contributed by atoms with Crippen LogP contribution in [0.3, 0.4) is 0 Å². The second-order valence-electron chi connectivity index (χ2n) is 13.6. The summed E-state index contributed by atoms with van der Waals surface area (Å²) < 4.78 is 47.8. The van der Waals surface area contributed by atoms with Gasteiger partial charge in [0.05, 0.1) is 36.8 Å². The molecule has 2 unspecified atom stereocenters. The third-order valence-electron chi connectivity index (χ3n) is 8.92. The average molecular weight is 890 g/mol. The standard InChI is InChI=1S/C21H23ClFN3O4.C12H16FNO.C9H9ClN2O4/c22-15-3-6-19(18(12-15)25-21(24)28)30-13-20(27)26-8-7-17(29-10-9-26)11-14-1-4-16(23)5-2-14;13-11-3-1-10(2-4-11)9-12-5-6-14-7-8-15-12;10-5-1-2-7(16-4-8(13)14)6(3-5)12-9(11)15/h1-6,12,17H,7-11,13H2,(H3,24,25,28);1-4,12,14H,5-9H2;1-3H,4H2,(H,13,14)(H3,11,12,15). The minimum atomic E-state index is -1.13. The zero-order chi connectivity index (χ0) is 44.1. The zero-order valence-electron chi connectivity index (χ0n) is 33.0. The first kappa shape index (κ1) is 48.0. The van der Waals surface area contributed by atoms with E-state index in [1.54, 1.807) is 29.2 Å². The number of benzene rings is 4. The summed E-state index contributed by atoms with van der Waals surface area (Å²) in [6.45, 7) is 3.38. The van der Waals surface area contributed by atoms with E-state index in [9.17, 15) is 28.0 Å². The molecule has 8 N–H and O–H groups in total. The monoisotopic (exact) mass is 888 g/mol. The molecule has 2 fully saturated rings. The third-order valence-corrected chi connectivity index (χ3v) is 9.39. The van der Waals surface area contributed by atoms with Gasteiger partial charge in [0, 0.05) is 29.7 Å². The number of anilines is 2. The van der Waals surface area contributed by atoms with E-state index in [4.69, 9.17) is 58.7 Å². The molecule has 15 nitrogen and oxygen atoms in total. The summed E-state index contributed by atoms with van der Waals surface area (Å²) in [6.07, 6.45) is 3.45. The molecule has 0 saturated carbocycles. The van der Waals surface area contributed by atoms with Crippen molar-refractivity contribution in [2.45, 2.75) is 37.9 Å². The molecule has 19 heteroatoms. The van der Waals surface area contributed by atoms with Gasteiger partial charge in [-0.25, -0.2) is 23.2 Å². The van der Waals surface area contributed by atoms with Gasteiger partial charge in [-0.1, -0.05) is 47.5 Å². The molecule has 0 aliphatic carbocycles. The predicted molar refractivity (Wildman–Crippen MR) is 226 cm³/mol. The van der Waals surface area contributed by atoms with Gasteiger partial charge in [0.2, 0.25) is 0 Å². The zero-order valence-corrected chi connectivity index (χ0v) is 34.6. The lowest BCUT2D eigenvalue weighted by Crippen LogP contribution is -2.36. The van der Waals surface area contributed by atoms with Crippen molar-refractivity contribution in [3.63, 3.8) is 0 Å². The Morgan fingerprint density at radius 3 is 1.70 bits per heavy atom. The van der Waals surface area contributed by atoms with Gasteiger partial charge in [-0.15, -0.1) is 0 Å². The average Bonchev–Trinajstić information content (AvgIpc) is 3.62. The summed E-state index contributed by atoms with van der Waals surface area (Å²) >= 11 is 11.6. The number of amides is 5. The Bertz CT molecular complexity index is 2040. The Kier molecular flexibility index (Phi) is 19.8. The number of hydrogen-bond donors (Lipinski definition) is 6. The molecule has 2 heterocycles. The van der Waals surface area contributed by atoms with Crippen molar-refractivity contribution in [2.75, 3.05) is 63.2 Å². The number of halogens is 4. The van der Waals surface area contributed by atoms with Gasteiger partial charge in [-0.05, 0) is 104 Å². The van der Waals surface area contributed by atoms with E-state index in [0.717, 1.165) is 43.7 Å². The van der Waals surface area contributed by atoms with Crippen LogP contribution in [0, 0.1) is 11.6 Å². The van der Waals surface area contributed by atoms with Crippen molar-refractivity contribution in [1.29, 1.82) is 0 Å². The molecule has 6 rings (SSSR count). The first-order chi connectivity index (χ1) is 29.2. The molecular formula is C42H48Cl2F2N6O9. The van der Waals surface area contributed by atoms with Crippen LogP contribution < -0.4 is 36.9 Å². The number of nitrogens with two attached hydrogens (primary N) is 2. The fourth-order valence-electron chi connectivity index (χ4n) is 6.02. The highest BCUT2D eigenvalue weighted by atomic mass is 35.5. The number of nitrogens with one attached hydrogen (secondary N) is 3. The number of carbonyl (C=O) groups excluding carboxylic acids is 3. The van der Waals surface area contributed by atoms with Crippen LogP contribution in [0.5, 0.6) is 11.5 Å². The highest BCUT2D eigenvalue weighted by Crippen LogP contribution is 2.29. The van der Waals surface area contributed by atoms with Gasteiger partial charge in [-0.2, -0.15) is 0 Å². The van der Waals surface area contributed by atoms with Crippen molar-refractivity contribution in [3.8, 4) is 11.5 Å². The summed E-state index contributed by atoms with van der Waals surface area (Å²) in [6, 6.07) is 20.5. The van der Waals surface area contributed by atoms with Crippen LogP contribution in [0.15, 0.2) is 84.9 Å². The Balaban J connectivity index is 0.000000222. The molecule has 61 heavy (non-hydrogen) atoms. The number of urea groups is 2. The molecule has 0 aromatic heterocycles. The van der Waals surface area contributed by atoms with Crippen LogP contribution in [0.1, 0.15) is 24.0 Å². The topological polar surface area (TPSA) is 217 Å². The maximum absolute atomic E-state index is 13.1. The number of rotatable bonds is 12. The van der Waals surface area contributed by atoms with Crippen molar-refractivity contribution in [2.24, 2.45) is 11.5 Å². The summed E-state index contributed by atoms with van der Waals surface area (Å²) in [5.74, 6) is -1.28. The van der Waals surface area contributed by atoms with Gasteiger partial charge in [0.15, 0.2) is 13.2 Å². The fraction of sp³-hybridized carbons (Fsp3) is 0.333. The number of ether oxygens (including phenoxy) is 4. The normalized spacial score (nSPS) is 16.2. The Morgan fingerprint density at radius 1 is 0.705 bits per heavy atom. The lowest BCUT2D eigenvalue weighted by Gasteiger charge is -2.20. The number of hydrogen-bond acceptors (Lipinski definition) is 9. The quantitative estimate of drug-likeness (QED) is 0.0940. The summed E-state index contributed by atoms with van der Waals surface area (Å²) in [5, 5.41) is 17.2. The summed E-state index contributed by atoms with van der Waals surface area (Å²) in [5.41, 5.74) is 12.7. The lowest BCUT2D eigenvalue weighted by atomic mass is 10.1. The van der Waals surface area contributed by atoms with Crippen LogP contribution in [0.25, 0.3) is 0 Å². The molecule has 0 bridgehead atoms. The van der Waals surface area contributed by atoms with E-state index in [-0.39, 0.29) is 47.8 Å². The Morgan fingerprint density at radius 2 is 1.20 bits per heavy atom. The summed E-state index contributed by atoms with van der Waals surface area (Å²) in [4.78, 5) is 46.4. The maximum atomic E-state index is 13.1. The molecule has 328 valence electrons. The first-order valence-corrected chi connectivity index (χ1v) is 19.9. The minimum absolute atomic E-state index is 0.0446. The first-order valence-electron chi connectivity index (χ1n) is 19.1. The van der Waals surface area contributed by atoms with Gasteiger partial charge in [0.25, 0.3) is 5.91 Å². The van der Waals surface area contributed by atoms with E-state index in [1.807, 2.05) is 12.1 Å². The van der Waals surface area contributed by atoms with Crippen molar-refractivity contribution < 1.29 is 52.0 Å². The SMILES string of the molecule is Fc1ccc(CC2CCNCCO2)cc1.NC(=O)Nc1cc(Cl)ccc1OCC(=O)N1CCOC(Cc2ccc(F)cc2)CC1.NC(=O)Nc1cc(Cl)ccc1OCC(=O)O. The largest absolute Gasteiger partial charge is 0.482 e. The van der Waals surface area contributed by atoms with E-state index >= 15 is 0 Å². The smallest absolute Gasteiger partial charge is 0.341 e. The van der Waals surface area contributed by atoms with Crippen LogP contribution in [-0.2, 0) is 31.9 Å². The van der Waals surface area contributed by atoms with Gasteiger partial charge in [0.1, 0.15) is 23.1 Å². The molecule has 4 aromatic rings. The lowest BCUT2D eigenvalue weighted by molar-refractivity contribution is -0.139. The van der Waals surface area contributed by atoms with Crippen LogP contribution in [0.2, 0.25) is 10.0 Å². The van der Waals surface area contributed by atoms with E-state index in [1.165, 1.54) is 48.5 Å². The van der Waals surface area contributed by atoms with Crippen LogP contribution in [0.4, 0.5) is 29.7 Å². The second kappa shape index (κ2) is 25.1. The number of carboxylic acids is 1. The molecule has 5 amide bonds. The van der Waals surface area contributed by atoms with E-state index in [0.29, 0.717) is 54.0 Å².